The topological polar surface area (TPSA) is 74.7 Å². The number of Topliss-reactive ketones (excluding diaryl/α,β-unsaturated/α-hetero) is 1. The first-order valence-corrected chi connectivity index (χ1v) is 9.18. The van der Waals surface area contributed by atoms with Gasteiger partial charge in [-0.05, 0) is 37.8 Å². The zero-order valence-corrected chi connectivity index (χ0v) is 14.3. The third kappa shape index (κ3) is 2.92. The summed E-state index contributed by atoms with van der Waals surface area (Å²) in [5.74, 6) is 0.218. The van der Waals surface area contributed by atoms with E-state index in [9.17, 15) is 14.4 Å². The molecule has 0 bridgehead atoms. The Kier molecular flexibility index (Phi) is 4.23. The molecule has 1 aromatic rings. The highest BCUT2D eigenvalue weighted by Crippen LogP contribution is 2.28. The summed E-state index contributed by atoms with van der Waals surface area (Å²) in [5, 5.41) is 2.90. The van der Waals surface area contributed by atoms with Gasteiger partial charge in [0.15, 0.2) is 5.78 Å². The molecule has 0 saturated carbocycles. The van der Waals surface area contributed by atoms with E-state index in [-0.39, 0.29) is 29.8 Å². The van der Waals surface area contributed by atoms with Crippen LogP contribution in [0.3, 0.4) is 0 Å². The van der Waals surface area contributed by atoms with Gasteiger partial charge in [-0.15, -0.1) is 0 Å². The van der Waals surface area contributed by atoms with Crippen molar-refractivity contribution in [2.45, 2.75) is 44.2 Å². The highest BCUT2D eigenvalue weighted by Gasteiger charge is 2.35. The maximum absolute atomic E-state index is 13.0. The van der Waals surface area contributed by atoms with Crippen molar-refractivity contribution >= 4 is 17.7 Å². The monoisotopic (exact) mass is 344 g/mol. The van der Waals surface area contributed by atoms with Gasteiger partial charge in [-0.3, -0.25) is 9.59 Å². The second-order valence-electron chi connectivity index (χ2n) is 7.11. The van der Waals surface area contributed by atoms with Crippen LogP contribution >= 0.6 is 0 Å². The van der Waals surface area contributed by atoms with Crippen LogP contribution in [-0.2, 0) is 4.79 Å². The van der Waals surface area contributed by atoms with E-state index in [2.05, 4.69) is 5.32 Å². The summed E-state index contributed by atoms with van der Waals surface area (Å²) in [6.07, 6.45) is 5.47. The van der Waals surface area contributed by atoms with Gasteiger partial charge in [-0.25, -0.2) is 4.79 Å². The predicted octanol–water partition coefficient (Wildman–Crippen LogP) is 1.41. The van der Waals surface area contributed by atoms with Gasteiger partial charge in [0.1, 0.15) is 6.04 Å². The van der Waals surface area contributed by atoms with E-state index in [1.54, 1.807) is 6.07 Å². The minimum atomic E-state index is -0.266. The van der Waals surface area contributed by atoms with E-state index in [0.717, 1.165) is 32.4 Å². The molecule has 2 fully saturated rings. The van der Waals surface area contributed by atoms with Crippen LogP contribution in [0.25, 0.3) is 0 Å². The van der Waals surface area contributed by atoms with Gasteiger partial charge in [0, 0.05) is 44.8 Å². The lowest BCUT2D eigenvalue weighted by Crippen LogP contribution is -2.55. The fourth-order valence-corrected chi connectivity index (χ4v) is 4.28. The van der Waals surface area contributed by atoms with E-state index >= 15 is 0 Å². The van der Waals surface area contributed by atoms with Crippen molar-refractivity contribution in [1.29, 1.82) is 0 Å². The number of fused-ring (bicyclic) bond motifs is 1. The van der Waals surface area contributed by atoms with Crippen LogP contribution in [0.2, 0.25) is 0 Å². The number of nitrogens with zero attached hydrogens (tertiary/aromatic N) is 3. The summed E-state index contributed by atoms with van der Waals surface area (Å²) in [7, 11) is 0. The van der Waals surface area contributed by atoms with Crippen LogP contribution in [0.15, 0.2) is 18.3 Å². The molecule has 25 heavy (non-hydrogen) atoms. The average molecular weight is 344 g/mol. The average Bonchev–Trinajstić information content (AvgIpc) is 3.13. The molecule has 134 valence electrons. The van der Waals surface area contributed by atoms with Crippen molar-refractivity contribution in [3.05, 3.63) is 24.0 Å². The SMILES string of the molecule is O=C1CCC(C(=O)N2CCC(N3CCCNC3=O)CC2)n2cccc21. The maximum Gasteiger partial charge on any atom is 0.317 e. The molecule has 3 aliphatic heterocycles. The number of aromatic nitrogens is 1. The summed E-state index contributed by atoms with van der Waals surface area (Å²) < 4.78 is 1.83. The van der Waals surface area contributed by atoms with E-state index in [1.165, 1.54) is 0 Å². The van der Waals surface area contributed by atoms with Crippen molar-refractivity contribution in [1.82, 2.24) is 19.7 Å². The first-order valence-electron chi connectivity index (χ1n) is 9.18. The number of nitrogens with one attached hydrogen (secondary N) is 1. The normalized spacial score (nSPS) is 24.9. The number of carbonyl (C=O) groups excluding carboxylic acids is 3. The molecule has 1 atom stereocenters. The van der Waals surface area contributed by atoms with E-state index in [4.69, 9.17) is 0 Å². The van der Waals surface area contributed by atoms with Gasteiger partial charge in [0.2, 0.25) is 5.91 Å². The molecule has 3 aliphatic rings. The first-order chi connectivity index (χ1) is 12.1. The minimum absolute atomic E-state index is 0.0267. The van der Waals surface area contributed by atoms with Gasteiger partial charge in [-0.2, -0.15) is 0 Å². The zero-order chi connectivity index (χ0) is 17.4. The fourth-order valence-electron chi connectivity index (χ4n) is 4.28. The molecular formula is C18H24N4O3. The highest BCUT2D eigenvalue weighted by molar-refractivity contribution is 5.97. The molecule has 0 radical (unpaired) electrons. The summed E-state index contributed by atoms with van der Waals surface area (Å²) >= 11 is 0. The van der Waals surface area contributed by atoms with Gasteiger partial charge in [-0.1, -0.05) is 0 Å². The molecule has 1 aromatic heterocycles. The number of hydrogen-bond acceptors (Lipinski definition) is 3. The lowest BCUT2D eigenvalue weighted by Gasteiger charge is -2.41. The number of rotatable bonds is 2. The number of hydrogen-bond donors (Lipinski definition) is 1. The molecule has 4 rings (SSSR count). The minimum Gasteiger partial charge on any atom is -0.341 e. The maximum atomic E-state index is 13.0. The zero-order valence-electron chi connectivity index (χ0n) is 14.3. The van der Waals surface area contributed by atoms with Crippen molar-refractivity contribution in [3.63, 3.8) is 0 Å². The summed E-state index contributed by atoms with van der Waals surface area (Å²) in [6.45, 7) is 2.91. The summed E-state index contributed by atoms with van der Waals surface area (Å²) in [4.78, 5) is 40.7. The molecule has 2 saturated heterocycles. The molecule has 1 unspecified atom stereocenters. The van der Waals surface area contributed by atoms with Gasteiger partial charge < -0.3 is 19.7 Å². The largest absolute Gasteiger partial charge is 0.341 e. The number of urea groups is 1. The molecule has 1 N–H and O–H groups in total. The third-order valence-corrected chi connectivity index (χ3v) is 5.66. The summed E-state index contributed by atoms with van der Waals surface area (Å²) in [6, 6.07) is 3.61. The number of amides is 3. The molecule has 7 nitrogen and oxygen atoms in total. The van der Waals surface area contributed by atoms with Crippen molar-refractivity contribution in [2.24, 2.45) is 0 Å². The lowest BCUT2D eigenvalue weighted by molar-refractivity contribution is -0.136. The fraction of sp³-hybridized carbons (Fsp3) is 0.611. The summed E-state index contributed by atoms with van der Waals surface area (Å²) in [5.41, 5.74) is 0.643. The molecule has 0 aromatic carbocycles. The lowest BCUT2D eigenvalue weighted by atomic mass is 9.98. The Morgan fingerprint density at radius 3 is 2.68 bits per heavy atom. The van der Waals surface area contributed by atoms with Crippen LogP contribution in [0.4, 0.5) is 4.79 Å². The van der Waals surface area contributed by atoms with Crippen LogP contribution in [0.1, 0.15) is 48.6 Å². The smallest absolute Gasteiger partial charge is 0.317 e. The van der Waals surface area contributed by atoms with E-state index in [1.807, 2.05) is 26.6 Å². The van der Waals surface area contributed by atoms with Crippen molar-refractivity contribution < 1.29 is 14.4 Å². The van der Waals surface area contributed by atoms with Crippen molar-refractivity contribution in [3.8, 4) is 0 Å². The van der Waals surface area contributed by atoms with E-state index in [0.29, 0.717) is 31.6 Å². The molecule has 0 spiro atoms. The Morgan fingerprint density at radius 2 is 1.92 bits per heavy atom. The molecule has 4 heterocycles. The first kappa shape index (κ1) is 16.2. The number of likely N-dealkylation sites (tertiary alicyclic amines) is 1. The Balaban J connectivity index is 1.40. The Morgan fingerprint density at radius 1 is 1.12 bits per heavy atom. The number of carbonyl (C=O) groups is 3. The number of ketones is 1. The molecule has 7 heteroatoms. The van der Waals surface area contributed by atoms with Crippen LogP contribution in [0.5, 0.6) is 0 Å². The molecular weight excluding hydrogens is 320 g/mol. The Hall–Kier alpha value is -2.31. The van der Waals surface area contributed by atoms with Crippen LogP contribution < -0.4 is 5.32 Å². The highest BCUT2D eigenvalue weighted by atomic mass is 16.2. The Bertz CT molecular complexity index is 690. The van der Waals surface area contributed by atoms with Gasteiger partial charge >= 0.3 is 6.03 Å². The number of piperidine rings is 1. The van der Waals surface area contributed by atoms with Gasteiger partial charge in [0.05, 0.1) is 5.69 Å². The second kappa shape index (κ2) is 6.54. The molecule has 3 amide bonds. The van der Waals surface area contributed by atoms with Crippen molar-refractivity contribution in [2.75, 3.05) is 26.2 Å². The van der Waals surface area contributed by atoms with Crippen LogP contribution in [0, 0.1) is 0 Å². The third-order valence-electron chi connectivity index (χ3n) is 5.66. The molecule has 0 aliphatic carbocycles. The van der Waals surface area contributed by atoms with Crippen LogP contribution in [-0.4, -0.2) is 64.3 Å². The predicted molar refractivity (Wildman–Crippen MR) is 91.4 cm³/mol. The second-order valence-corrected chi connectivity index (χ2v) is 7.11. The van der Waals surface area contributed by atoms with E-state index < -0.39 is 0 Å². The van der Waals surface area contributed by atoms with Gasteiger partial charge in [0.25, 0.3) is 0 Å². The quantitative estimate of drug-likeness (QED) is 0.881. The Labute approximate surface area is 146 Å². The standard InChI is InChI=1S/C18H24N4O3/c23-16-5-4-15(22-9-1-3-14(16)22)17(24)20-11-6-13(7-12-20)21-10-2-8-19-18(21)25/h1,3,9,13,15H,2,4-8,10-12H2,(H,19,25).